The molecule has 1 aliphatic heterocycles. The number of nitrogens with two attached hydrogens (primary N) is 1. The Balaban J connectivity index is 2.26. The van der Waals surface area contributed by atoms with Gasteiger partial charge in [-0.1, -0.05) is 30.7 Å². The number of rotatable bonds is 4. The molecule has 0 radical (unpaired) electrons. The van der Waals surface area contributed by atoms with Crippen LogP contribution in [0.15, 0.2) is 18.2 Å². The van der Waals surface area contributed by atoms with Crippen molar-refractivity contribution in [2.24, 2.45) is 5.73 Å². The van der Waals surface area contributed by atoms with Gasteiger partial charge in [0.15, 0.2) is 0 Å². The zero-order chi connectivity index (χ0) is 13.8. The van der Waals surface area contributed by atoms with Gasteiger partial charge in [-0.15, -0.1) is 0 Å². The summed E-state index contributed by atoms with van der Waals surface area (Å²) < 4.78 is 5.60. The van der Waals surface area contributed by atoms with Gasteiger partial charge in [0.05, 0.1) is 23.4 Å². The third kappa shape index (κ3) is 3.62. The molecule has 106 valence electrons. The molecule has 0 amide bonds. The van der Waals surface area contributed by atoms with Gasteiger partial charge in [-0.25, -0.2) is 0 Å². The van der Waals surface area contributed by atoms with Gasteiger partial charge in [0.2, 0.25) is 0 Å². The number of nitrogens with zero attached hydrogens (tertiary/aromatic N) is 1. The Hall–Kier alpha value is -0.770. The van der Waals surface area contributed by atoms with Crippen molar-refractivity contribution in [2.75, 3.05) is 24.6 Å². The van der Waals surface area contributed by atoms with Crippen LogP contribution in [0.1, 0.15) is 25.8 Å². The molecule has 2 N–H and O–H groups in total. The smallest absolute Gasteiger partial charge is 0.0722 e. The number of morpholine rings is 1. The summed E-state index contributed by atoms with van der Waals surface area (Å²) in [5.41, 5.74) is 8.48. The van der Waals surface area contributed by atoms with Crippen LogP contribution in [0.25, 0.3) is 0 Å². The third-order valence-electron chi connectivity index (χ3n) is 3.63. The minimum atomic E-state index is 0.190. The Kier molecular flexibility index (Phi) is 5.08. The fraction of sp³-hybridized carbons (Fsp3) is 0.600. The molecule has 0 aliphatic carbocycles. The quantitative estimate of drug-likeness (QED) is 0.923. The Morgan fingerprint density at radius 2 is 2.32 bits per heavy atom. The maximum atomic E-state index is 6.41. The number of hydrogen-bond acceptors (Lipinski definition) is 3. The molecule has 2 atom stereocenters. The molecule has 0 saturated carbocycles. The summed E-state index contributed by atoms with van der Waals surface area (Å²) >= 11 is 6.41. The lowest BCUT2D eigenvalue weighted by molar-refractivity contribution is 0.0532. The Bertz CT molecular complexity index is 425. The number of halogens is 1. The summed E-state index contributed by atoms with van der Waals surface area (Å²) in [5.74, 6) is 0. The predicted octanol–water partition coefficient (Wildman–Crippen LogP) is 2.84. The molecule has 0 spiro atoms. The summed E-state index contributed by atoms with van der Waals surface area (Å²) in [5, 5.41) is 0.815. The third-order valence-corrected chi connectivity index (χ3v) is 3.94. The van der Waals surface area contributed by atoms with Gasteiger partial charge in [-0.05, 0) is 31.4 Å². The Morgan fingerprint density at radius 3 is 3.00 bits per heavy atom. The molecule has 0 aromatic heterocycles. The monoisotopic (exact) mass is 282 g/mol. The zero-order valence-corrected chi connectivity index (χ0v) is 12.5. The lowest BCUT2D eigenvalue weighted by atomic mass is 10.0. The highest BCUT2D eigenvalue weighted by molar-refractivity contribution is 6.33. The fourth-order valence-corrected chi connectivity index (χ4v) is 2.84. The average Bonchev–Trinajstić information content (AvgIpc) is 2.38. The van der Waals surface area contributed by atoms with Crippen LogP contribution < -0.4 is 10.6 Å². The second-order valence-electron chi connectivity index (χ2n) is 5.25. The largest absolute Gasteiger partial charge is 0.375 e. The molecule has 1 aromatic carbocycles. The van der Waals surface area contributed by atoms with Crippen molar-refractivity contribution in [3.63, 3.8) is 0 Å². The van der Waals surface area contributed by atoms with Crippen molar-refractivity contribution in [1.29, 1.82) is 0 Å². The van der Waals surface area contributed by atoms with Crippen molar-refractivity contribution in [2.45, 2.75) is 38.8 Å². The SMILES string of the molecule is CCC(N)Cc1cccc(Cl)c1N1CCOC(C)C1. The first kappa shape index (κ1) is 14.6. The number of anilines is 1. The van der Waals surface area contributed by atoms with E-state index in [1.807, 2.05) is 12.1 Å². The molecular formula is C15H23ClN2O. The average molecular weight is 283 g/mol. The van der Waals surface area contributed by atoms with Crippen LogP contribution in [0.2, 0.25) is 5.02 Å². The van der Waals surface area contributed by atoms with Crippen LogP contribution in [0.3, 0.4) is 0 Å². The second kappa shape index (κ2) is 6.60. The molecule has 3 nitrogen and oxygen atoms in total. The Labute approximate surface area is 120 Å². The summed E-state index contributed by atoms with van der Waals surface area (Å²) in [6.45, 7) is 6.75. The van der Waals surface area contributed by atoms with E-state index in [-0.39, 0.29) is 12.1 Å². The lowest BCUT2D eigenvalue weighted by Gasteiger charge is -2.35. The fourth-order valence-electron chi connectivity index (χ4n) is 2.53. The highest BCUT2D eigenvalue weighted by Crippen LogP contribution is 2.32. The zero-order valence-electron chi connectivity index (χ0n) is 11.7. The van der Waals surface area contributed by atoms with Crippen LogP contribution >= 0.6 is 11.6 Å². The van der Waals surface area contributed by atoms with Crippen molar-refractivity contribution in [1.82, 2.24) is 0 Å². The molecule has 1 fully saturated rings. The second-order valence-corrected chi connectivity index (χ2v) is 5.65. The van der Waals surface area contributed by atoms with Gasteiger partial charge in [0.25, 0.3) is 0 Å². The molecular weight excluding hydrogens is 260 g/mol. The van der Waals surface area contributed by atoms with E-state index in [1.165, 1.54) is 5.56 Å². The number of ether oxygens (including phenoxy) is 1. The standard InChI is InChI=1S/C15H23ClN2O/c1-3-13(17)9-12-5-4-6-14(16)15(12)18-7-8-19-11(2)10-18/h4-6,11,13H,3,7-10,17H2,1-2H3. The van der Waals surface area contributed by atoms with Crippen molar-refractivity contribution in [3.8, 4) is 0 Å². The molecule has 1 saturated heterocycles. The van der Waals surface area contributed by atoms with E-state index in [4.69, 9.17) is 22.1 Å². The van der Waals surface area contributed by atoms with Crippen LogP contribution in [0.5, 0.6) is 0 Å². The molecule has 1 aliphatic rings. The maximum absolute atomic E-state index is 6.41. The molecule has 4 heteroatoms. The van der Waals surface area contributed by atoms with E-state index >= 15 is 0 Å². The normalized spacial score (nSPS) is 21.5. The van der Waals surface area contributed by atoms with Crippen molar-refractivity contribution in [3.05, 3.63) is 28.8 Å². The minimum Gasteiger partial charge on any atom is -0.375 e. The van der Waals surface area contributed by atoms with E-state index in [9.17, 15) is 0 Å². The molecule has 1 aromatic rings. The van der Waals surface area contributed by atoms with E-state index in [0.717, 1.165) is 43.2 Å². The highest BCUT2D eigenvalue weighted by Gasteiger charge is 2.21. The van der Waals surface area contributed by atoms with Crippen molar-refractivity contribution >= 4 is 17.3 Å². The summed E-state index contributed by atoms with van der Waals surface area (Å²) in [6, 6.07) is 6.29. The summed E-state index contributed by atoms with van der Waals surface area (Å²) in [6.07, 6.45) is 2.10. The van der Waals surface area contributed by atoms with E-state index in [0.29, 0.717) is 0 Å². The topological polar surface area (TPSA) is 38.5 Å². The predicted molar refractivity (Wildman–Crippen MR) is 81.0 cm³/mol. The van der Waals surface area contributed by atoms with Gasteiger partial charge < -0.3 is 15.4 Å². The molecule has 2 rings (SSSR count). The number of para-hydroxylation sites is 1. The summed E-state index contributed by atoms with van der Waals surface area (Å²) in [4.78, 5) is 2.33. The molecule has 0 bridgehead atoms. The van der Waals surface area contributed by atoms with Crippen LogP contribution in [0.4, 0.5) is 5.69 Å². The van der Waals surface area contributed by atoms with Gasteiger partial charge in [0.1, 0.15) is 0 Å². The molecule has 1 heterocycles. The Morgan fingerprint density at radius 1 is 1.53 bits per heavy atom. The van der Waals surface area contributed by atoms with E-state index in [2.05, 4.69) is 24.8 Å². The van der Waals surface area contributed by atoms with Gasteiger partial charge in [-0.3, -0.25) is 0 Å². The van der Waals surface area contributed by atoms with Gasteiger partial charge in [0, 0.05) is 19.1 Å². The highest BCUT2D eigenvalue weighted by atomic mass is 35.5. The summed E-state index contributed by atoms with van der Waals surface area (Å²) in [7, 11) is 0. The molecule has 19 heavy (non-hydrogen) atoms. The lowest BCUT2D eigenvalue weighted by Crippen LogP contribution is -2.42. The van der Waals surface area contributed by atoms with Crippen LogP contribution in [-0.2, 0) is 11.2 Å². The first-order valence-corrected chi connectivity index (χ1v) is 7.39. The van der Waals surface area contributed by atoms with Gasteiger partial charge >= 0.3 is 0 Å². The van der Waals surface area contributed by atoms with Crippen LogP contribution in [-0.4, -0.2) is 31.8 Å². The first-order chi connectivity index (χ1) is 9.11. The van der Waals surface area contributed by atoms with Crippen molar-refractivity contribution < 1.29 is 4.74 Å². The maximum Gasteiger partial charge on any atom is 0.0722 e. The van der Waals surface area contributed by atoms with Crippen LogP contribution in [0, 0.1) is 0 Å². The number of hydrogen-bond donors (Lipinski definition) is 1. The minimum absolute atomic E-state index is 0.190. The van der Waals surface area contributed by atoms with E-state index < -0.39 is 0 Å². The van der Waals surface area contributed by atoms with Gasteiger partial charge in [-0.2, -0.15) is 0 Å². The first-order valence-electron chi connectivity index (χ1n) is 7.01. The van der Waals surface area contributed by atoms with E-state index in [1.54, 1.807) is 0 Å². The molecule has 2 unspecified atom stereocenters. The number of benzene rings is 1.